The molecule has 0 saturated heterocycles. The predicted molar refractivity (Wildman–Crippen MR) is 77.3 cm³/mol. The lowest BCUT2D eigenvalue weighted by Gasteiger charge is -2.01. The van der Waals surface area contributed by atoms with Gasteiger partial charge >= 0.3 is 0 Å². The van der Waals surface area contributed by atoms with Gasteiger partial charge in [0.05, 0.1) is 23.7 Å². The van der Waals surface area contributed by atoms with Gasteiger partial charge in [-0.05, 0) is 20.3 Å². The van der Waals surface area contributed by atoms with Gasteiger partial charge in [0.1, 0.15) is 17.9 Å². The zero-order valence-corrected chi connectivity index (χ0v) is 12.2. The number of H-pyrrole nitrogens is 1. The number of nitrogens with one attached hydrogen (secondary N) is 1. The van der Waals surface area contributed by atoms with Gasteiger partial charge in [0, 0.05) is 11.3 Å². The van der Waals surface area contributed by atoms with E-state index in [1.165, 1.54) is 13.3 Å². The van der Waals surface area contributed by atoms with Crippen LogP contribution >= 0.6 is 0 Å². The molecule has 7 heteroatoms. The van der Waals surface area contributed by atoms with Gasteiger partial charge in [-0.2, -0.15) is 9.78 Å². The molecule has 0 radical (unpaired) electrons. The lowest BCUT2D eigenvalue weighted by molar-refractivity contribution is -0.116. The molecule has 0 saturated carbocycles. The van der Waals surface area contributed by atoms with Crippen molar-refractivity contribution in [1.29, 1.82) is 0 Å². The third-order valence-corrected chi connectivity index (χ3v) is 3.41. The second-order valence-corrected chi connectivity index (χ2v) is 4.97. The molecular formula is C14H16N6O. The van der Waals surface area contributed by atoms with E-state index in [0.717, 1.165) is 28.7 Å². The molecular weight excluding hydrogens is 268 g/mol. The second-order valence-electron chi connectivity index (χ2n) is 4.97. The van der Waals surface area contributed by atoms with Gasteiger partial charge in [-0.3, -0.25) is 9.78 Å². The Morgan fingerprint density at radius 1 is 1.38 bits per heavy atom. The average molecular weight is 284 g/mol. The van der Waals surface area contributed by atoms with Crippen LogP contribution in [-0.4, -0.2) is 35.5 Å². The summed E-state index contributed by atoms with van der Waals surface area (Å²) in [6.45, 7) is 5.58. The number of rotatable bonds is 4. The highest BCUT2D eigenvalue weighted by molar-refractivity contribution is 5.80. The monoisotopic (exact) mass is 284 g/mol. The fourth-order valence-electron chi connectivity index (χ4n) is 2.42. The molecule has 0 aliphatic heterocycles. The molecule has 21 heavy (non-hydrogen) atoms. The first-order chi connectivity index (χ1) is 10.1. The summed E-state index contributed by atoms with van der Waals surface area (Å²) in [6, 6.07) is 0. The molecule has 0 aliphatic rings. The number of hydrogen-bond donors (Lipinski definition) is 1. The molecule has 0 fully saturated rings. The van der Waals surface area contributed by atoms with Crippen molar-refractivity contribution < 1.29 is 4.79 Å². The van der Waals surface area contributed by atoms with Crippen LogP contribution in [-0.2, 0) is 17.6 Å². The van der Waals surface area contributed by atoms with Crippen molar-refractivity contribution >= 4 is 16.8 Å². The number of fused-ring (bicyclic) bond motifs is 1. The first-order valence-electron chi connectivity index (χ1n) is 6.83. The van der Waals surface area contributed by atoms with Gasteiger partial charge in [-0.15, -0.1) is 0 Å². The maximum Gasteiger partial charge on any atom is 0.230 e. The van der Waals surface area contributed by atoms with Crippen molar-refractivity contribution in [1.82, 2.24) is 29.7 Å². The molecule has 108 valence electrons. The third kappa shape index (κ3) is 2.31. The van der Waals surface area contributed by atoms with E-state index in [4.69, 9.17) is 0 Å². The summed E-state index contributed by atoms with van der Waals surface area (Å²) in [7, 11) is 0. The molecule has 0 aromatic carbocycles. The molecule has 0 bridgehead atoms. The summed E-state index contributed by atoms with van der Waals surface area (Å²) >= 11 is 0. The van der Waals surface area contributed by atoms with Crippen molar-refractivity contribution in [3.05, 3.63) is 29.6 Å². The number of ketones is 1. The fraction of sp³-hybridized carbons (Fsp3) is 0.357. The Balaban J connectivity index is 2.14. The van der Waals surface area contributed by atoms with Gasteiger partial charge in [-0.1, -0.05) is 6.92 Å². The maximum atomic E-state index is 11.3. The summed E-state index contributed by atoms with van der Waals surface area (Å²) in [4.78, 5) is 27.6. The standard InChI is InChI=1S/C14H16N6O/c1-4-10-9(3)15-6-11-13(10)19-14(18-11)20-12(5-8(2)21)16-7-17-20/h6-7H,4-5H2,1-3H3,(H,18,19). The number of aromatic nitrogens is 6. The SMILES string of the molecule is CCc1c(C)ncc2[nH]c(-n3ncnc3CC(C)=O)nc12. The number of imidazole rings is 1. The lowest BCUT2D eigenvalue weighted by Crippen LogP contribution is -2.08. The van der Waals surface area contributed by atoms with Gasteiger partial charge < -0.3 is 4.98 Å². The zero-order valence-electron chi connectivity index (χ0n) is 12.2. The van der Waals surface area contributed by atoms with E-state index in [1.54, 1.807) is 10.9 Å². The van der Waals surface area contributed by atoms with Crippen molar-refractivity contribution in [3.63, 3.8) is 0 Å². The molecule has 0 unspecified atom stereocenters. The average Bonchev–Trinajstić information content (AvgIpc) is 3.04. The molecule has 0 spiro atoms. The van der Waals surface area contributed by atoms with Crippen LogP contribution in [0.25, 0.3) is 17.0 Å². The number of nitrogens with zero attached hydrogens (tertiary/aromatic N) is 5. The number of aryl methyl sites for hydroxylation is 2. The molecule has 1 N–H and O–H groups in total. The quantitative estimate of drug-likeness (QED) is 0.785. The third-order valence-electron chi connectivity index (χ3n) is 3.41. The number of hydrogen-bond acceptors (Lipinski definition) is 5. The largest absolute Gasteiger partial charge is 0.321 e. The Morgan fingerprint density at radius 2 is 2.19 bits per heavy atom. The lowest BCUT2D eigenvalue weighted by atomic mass is 10.1. The topological polar surface area (TPSA) is 89.4 Å². The molecule has 3 aromatic rings. The summed E-state index contributed by atoms with van der Waals surface area (Å²) in [6.07, 6.45) is 4.28. The van der Waals surface area contributed by atoms with Gasteiger partial charge in [0.15, 0.2) is 0 Å². The fourth-order valence-corrected chi connectivity index (χ4v) is 2.42. The minimum Gasteiger partial charge on any atom is -0.321 e. The summed E-state index contributed by atoms with van der Waals surface area (Å²) < 4.78 is 1.57. The van der Waals surface area contributed by atoms with Crippen LogP contribution in [0.1, 0.15) is 30.9 Å². The maximum absolute atomic E-state index is 11.3. The molecule has 3 rings (SSSR count). The van der Waals surface area contributed by atoms with Crippen LogP contribution in [0, 0.1) is 6.92 Å². The van der Waals surface area contributed by atoms with E-state index in [-0.39, 0.29) is 12.2 Å². The number of carbonyl (C=O) groups excluding carboxylic acids is 1. The highest BCUT2D eigenvalue weighted by atomic mass is 16.1. The van der Waals surface area contributed by atoms with E-state index in [9.17, 15) is 4.79 Å². The summed E-state index contributed by atoms with van der Waals surface area (Å²) in [5, 5.41) is 4.15. The van der Waals surface area contributed by atoms with Crippen molar-refractivity contribution in [3.8, 4) is 5.95 Å². The minimum atomic E-state index is 0.0344. The van der Waals surface area contributed by atoms with E-state index in [2.05, 4.69) is 32.0 Å². The summed E-state index contributed by atoms with van der Waals surface area (Å²) in [5.41, 5.74) is 3.84. The highest BCUT2D eigenvalue weighted by Crippen LogP contribution is 2.20. The molecule has 0 aliphatic carbocycles. The van der Waals surface area contributed by atoms with Crippen LogP contribution in [0.5, 0.6) is 0 Å². The Bertz CT molecular complexity index is 816. The minimum absolute atomic E-state index is 0.0344. The predicted octanol–water partition coefficient (Wildman–Crippen LogP) is 1.54. The van der Waals surface area contributed by atoms with Crippen LogP contribution in [0.4, 0.5) is 0 Å². The van der Waals surface area contributed by atoms with Crippen molar-refractivity contribution in [2.45, 2.75) is 33.6 Å². The van der Waals surface area contributed by atoms with E-state index < -0.39 is 0 Å². The Kier molecular flexibility index (Phi) is 3.25. The van der Waals surface area contributed by atoms with Crippen LogP contribution in [0.3, 0.4) is 0 Å². The summed E-state index contributed by atoms with van der Waals surface area (Å²) in [5.74, 6) is 1.16. The van der Waals surface area contributed by atoms with E-state index in [1.807, 2.05) is 6.92 Å². The Morgan fingerprint density at radius 3 is 2.90 bits per heavy atom. The normalized spacial score (nSPS) is 11.2. The van der Waals surface area contributed by atoms with Crippen LogP contribution < -0.4 is 0 Å². The molecule has 3 aromatic heterocycles. The first kappa shape index (κ1) is 13.4. The molecule has 0 atom stereocenters. The second kappa shape index (κ2) is 5.08. The van der Waals surface area contributed by atoms with Crippen LogP contribution in [0.2, 0.25) is 0 Å². The molecule has 0 amide bonds. The van der Waals surface area contributed by atoms with E-state index in [0.29, 0.717) is 11.8 Å². The number of Topliss-reactive ketones (excluding diaryl/α,β-unsaturated/α-hetero) is 1. The number of carbonyl (C=O) groups is 1. The molecule has 3 heterocycles. The van der Waals surface area contributed by atoms with Gasteiger partial charge in [-0.25, -0.2) is 9.97 Å². The zero-order chi connectivity index (χ0) is 15.0. The van der Waals surface area contributed by atoms with Gasteiger partial charge in [0.2, 0.25) is 5.95 Å². The van der Waals surface area contributed by atoms with Crippen LogP contribution in [0.15, 0.2) is 12.5 Å². The molecule has 7 nitrogen and oxygen atoms in total. The first-order valence-corrected chi connectivity index (χ1v) is 6.83. The highest BCUT2D eigenvalue weighted by Gasteiger charge is 2.15. The van der Waals surface area contributed by atoms with Crippen molar-refractivity contribution in [2.75, 3.05) is 0 Å². The smallest absolute Gasteiger partial charge is 0.230 e. The number of aromatic amines is 1. The number of pyridine rings is 1. The van der Waals surface area contributed by atoms with E-state index >= 15 is 0 Å². The Hall–Kier alpha value is -2.57. The Labute approximate surface area is 121 Å². The van der Waals surface area contributed by atoms with Gasteiger partial charge in [0.25, 0.3) is 0 Å². The van der Waals surface area contributed by atoms with Crippen molar-refractivity contribution in [2.24, 2.45) is 0 Å².